The van der Waals surface area contributed by atoms with Crippen LogP contribution in [0.4, 0.5) is 0 Å². The average Bonchev–Trinajstić information content (AvgIpc) is 2.27. The molecule has 0 heterocycles. The van der Waals surface area contributed by atoms with E-state index < -0.39 is 24.0 Å². The summed E-state index contributed by atoms with van der Waals surface area (Å²) in [6, 6.07) is -1.68. The van der Waals surface area contributed by atoms with Crippen LogP contribution >= 0.6 is 0 Å². The number of carbonyl (C=O) groups excluding carboxylic acids is 1. The van der Waals surface area contributed by atoms with Crippen molar-refractivity contribution in [3.8, 4) is 0 Å². The molecule has 0 spiro atoms. The highest BCUT2D eigenvalue weighted by atomic mass is 16.5. The summed E-state index contributed by atoms with van der Waals surface area (Å²) in [5, 5.41) is 11.3. The Balaban J connectivity index is 4.19. The van der Waals surface area contributed by atoms with Gasteiger partial charge in [-0.05, 0) is 19.3 Å². The van der Waals surface area contributed by atoms with Crippen LogP contribution < -0.4 is 11.1 Å². The first kappa shape index (κ1) is 15.6. The Kier molecular flexibility index (Phi) is 8.00. The maximum Gasteiger partial charge on any atom is 0.326 e. The second-order valence-corrected chi connectivity index (χ2v) is 3.67. The van der Waals surface area contributed by atoms with Gasteiger partial charge in [0.25, 0.3) is 0 Å². The summed E-state index contributed by atoms with van der Waals surface area (Å²) in [6.07, 6.45) is 2.71. The summed E-state index contributed by atoms with van der Waals surface area (Å²) in [5.74, 6) is -1.55. The minimum Gasteiger partial charge on any atom is -0.480 e. The molecule has 0 radical (unpaired) electrons. The van der Waals surface area contributed by atoms with Gasteiger partial charge in [0.2, 0.25) is 5.91 Å². The molecular weight excluding hydrogens is 224 g/mol. The Morgan fingerprint density at radius 3 is 2.71 bits per heavy atom. The first-order chi connectivity index (χ1) is 8.02. The van der Waals surface area contributed by atoms with E-state index in [2.05, 4.69) is 11.9 Å². The van der Waals surface area contributed by atoms with Crippen LogP contribution in [-0.4, -0.2) is 42.8 Å². The number of aliphatic carboxylic acids is 1. The molecule has 0 saturated carbocycles. The molecule has 17 heavy (non-hydrogen) atoms. The van der Waals surface area contributed by atoms with Crippen LogP contribution in [0.3, 0.4) is 0 Å². The van der Waals surface area contributed by atoms with Crippen molar-refractivity contribution in [2.75, 3.05) is 13.7 Å². The molecule has 0 aromatic carbocycles. The van der Waals surface area contributed by atoms with E-state index in [1.54, 1.807) is 0 Å². The Labute approximate surface area is 101 Å². The van der Waals surface area contributed by atoms with E-state index in [4.69, 9.17) is 15.6 Å². The minimum atomic E-state index is -1.07. The molecule has 0 saturated heterocycles. The number of hydrogen-bond donors (Lipinski definition) is 3. The number of carbonyl (C=O) groups is 2. The number of nitrogens with two attached hydrogens (primary N) is 1. The minimum absolute atomic E-state index is 0.315. The number of rotatable bonds is 9. The van der Waals surface area contributed by atoms with Crippen LogP contribution in [-0.2, 0) is 14.3 Å². The van der Waals surface area contributed by atoms with Crippen LogP contribution in [0.15, 0.2) is 12.7 Å². The van der Waals surface area contributed by atoms with Crippen molar-refractivity contribution in [3.63, 3.8) is 0 Å². The molecule has 6 nitrogen and oxygen atoms in total. The highest BCUT2D eigenvalue weighted by Gasteiger charge is 2.22. The SMILES string of the molecule is C=CCC(N)C(=O)NC(CCCOC)C(=O)O. The lowest BCUT2D eigenvalue weighted by Gasteiger charge is -2.16. The molecule has 98 valence electrons. The van der Waals surface area contributed by atoms with Crippen LogP contribution in [0.1, 0.15) is 19.3 Å². The number of carboxylic acids is 1. The van der Waals surface area contributed by atoms with E-state index >= 15 is 0 Å². The van der Waals surface area contributed by atoms with Crippen LogP contribution in [0.25, 0.3) is 0 Å². The van der Waals surface area contributed by atoms with Gasteiger partial charge >= 0.3 is 5.97 Å². The van der Waals surface area contributed by atoms with E-state index in [1.165, 1.54) is 13.2 Å². The largest absolute Gasteiger partial charge is 0.480 e. The third kappa shape index (κ3) is 6.70. The molecular formula is C11H20N2O4. The van der Waals surface area contributed by atoms with Crippen LogP contribution in [0.2, 0.25) is 0 Å². The van der Waals surface area contributed by atoms with Gasteiger partial charge in [-0.25, -0.2) is 4.79 Å². The monoisotopic (exact) mass is 244 g/mol. The Hall–Kier alpha value is -1.40. The molecule has 4 N–H and O–H groups in total. The third-order valence-electron chi connectivity index (χ3n) is 2.21. The van der Waals surface area contributed by atoms with E-state index in [0.29, 0.717) is 25.9 Å². The van der Waals surface area contributed by atoms with Crippen LogP contribution in [0.5, 0.6) is 0 Å². The summed E-state index contributed by atoms with van der Waals surface area (Å²) in [7, 11) is 1.54. The van der Waals surface area contributed by atoms with Crippen LogP contribution in [0, 0.1) is 0 Å². The van der Waals surface area contributed by atoms with Crippen molar-refractivity contribution in [2.24, 2.45) is 5.73 Å². The van der Waals surface area contributed by atoms with Crippen molar-refractivity contribution in [1.29, 1.82) is 0 Å². The summed E-state index contributed by atoms with van der Waals surface area (Å²) < 4.78 is 4.82. The lowest BCUT2D eigenvalue weighted by Crippen LogP contribution is -2.48. The molecule has 0 aromatic rings. The normalized spacial score (nSPS) is 13.8. The maximum absolute atomic E-state index is 11.5. The first-order valence-corrected chi connectivity index (χ1v) is 5.41. The molecule has 0 rings (SSSR count). The van der Waals surface area contributed by atoms with Gasteiger partial charge in [0, 0.05) is 13.7 Å². The third-order valence-corrected chi connectivity index (χ3v) is 2.21. The van der Waals surface area contributed by atoms with E-state index in [9.17, 15) is 9.59 Å². The first-order valence-electron chi connectivity index (χ1n) is 5.41. The molecule has 0 bridgehead atoms. The summed E-state index contributed by atoms with van der Waals surface area (Å²) in [5.41, 5.74) is 5.53. The molecule has 1 amide bonds. The van der Waals surface area contributed by atoms with Gasteiger partial charge in [0.15, 0.2) is 0 Å². The fourth-order valence-electron chi connectivity index (χ4n) is 1.25. The number of ether oxygens (including phenoxy) is 1. The molecule has 6 heteroatoms. The zero-order valence-electron chi connectivity index (χ0n) is 10.0. The van der Waals surface area contributed by atoms with Gasteiger partial charge in [-0.15, -0.1) is 6.58 Å². The average molecular weight is 244 g/mol. The van der Waals surface area contributed by atoms with Gasteiger partial charge in [-0.2, -0.15) is 0 Å². The van der Waals surface area contributed by atoms with Crippen molar-refractivity contribution >= 4 is 11.9 Å². The fraction of sp³-hybridized carbons (Fsp3) is 0.636. The molecule has 2 unspecified atom stereocenters. The number of carboxylic acid groups (broad SMARTS) is 1. The van der Waals surface area contributed by atoms with Gasteiger partial charge < -0.3 is 20.9 Å². The Bertz CT molecular complexity index is 268. The second kappa shape index (κ2) is 8.72. The Morgan fingerprint density at radius 1 is 1.59 bits per heavy atom. The van der Waals surface area contributed by atoms with Crippen molar-refractivity contribution in [3.05, 3.63) is 12.7 Å². The zero-order chi connectivity index (χ0) is 13.3. The fourth-order valence-corrected chi connectivity index (χ4v) is 1.25. The number of nitrogens with one attached hydrogen (secondary N) is 1. The highest BCUT2D eigenvalue weighted by molar-refractivity contribution is 5.86. The van der Waals surface area contributed by atoms with Gasteiger partial charge in [0.05, 0.1) is 6.04 Å². The zero-order valence-corrected chi connectivity index (χ0v) is 10.0. The van der Waals surface area contributed by atoms with Crippen molar-refractivity contribution in [2.45, 2.75) is 31.3 Å². The van der Waals surface area contributed by atoms with Gasteiger partial charge in [-0.3, -0.25) is 4.79 Å². The number of amides is 1. The molecule has 0 aromatic heterocycles. The standard InChI is InChI=1S/C11H20N2O4/c1-3-5-8(12)10(14)13-9(11(15)16)6-4-7-17-2/h3,8-9H,1,4-7,12H2,2H3,(H,13,14)(H,15,16). The van der Waals surface area contributed by atoms with E-state index in [-0.39, 0.29) is 0 Å². The van der Waals surface area contributed by atoms with Crippen molar-refractivity contribution < 1.29 is 19.4 Å². The summed E-state index contributed by atoms with van der Waals surface area (Å²) in [6.45, 7) is 3.92. The summed E-state index contributed by atoms with van der Waals surface area (Å²) in [4.78, 5) is 22.4. The predicted molar refractivity (Wildman–Crippen MR) is 63.5 cm³/mol. The second-order valence-electron chi connectivity index (χ2n) is 3.67. The molecule has 0 aliphatic carbocycles. The quantitative estimate of drug-likeness (QED) is 0.388. The molecule has 0 aliphatic heterocycles. The highest BCUT2D eigenvalue weighted by Crippen LogP contribution is 2.00. The van der Waals surface area contributed by atoms with E-state index in [0.717, 1.165) is 0 Å². The lowest BCUT2D eigenvalue weighted by molar-refractivity contribution is -0.142. The molecule has 0 fully saturated rings. The van der Waals surface area contributed by atoms with Gasteiger partial charge in [-0.1, -0.05) is 6.08 Å². The smallest absolute Gasteiger partial charge is 0.326 e. The summed E-state index contributed by atoms with van der Waals surface area (Å²) >= 11 is 0. The maximum atomic E-state index is 11.5. The molecule has 0 aliphatic rings. The Morgan fingerprint density at radius 2 is 2.24 bits per heavy atom. The molecule has 2 atom stereocenters. The topological polar surface area (TPSA) is 102 Å². The van der Waals surface area contributed by atoms with Gasteiger partial charge in [0.1, 0.15) is 6.04 Å². The van der Waals surface area contributed by atoms with Crippen molar-refractivity contribution in [1.82, 2.24) is 5.32 Å². The number of hydrogen-bond acceptors (Lipinski definition) is 4. The predicted octanol–water partition coefficient (Wildman–Crippen LogP) is -0.114. The number of methoxy groups -OCH3 is 1. The lowest BCUT2D eigenvalue weighted by atomic mass is 10.1. The van der Waals surface area contributed by atoms with E-state index in [1.807, 2.05) is 0 Å².